The van der Waals surface area contributed by atoms with Crippen LogP contribution in [0.1, 0.15) is 15.9 Å². The summed E-state index contributed by atoms with van der Waals surface area (Å²) in [5.41, 5.74) is 3.47. The third kappa shape index (κ3) is 2.25. The van der Waals surface area contributed by atoms with E-state index in [-0.39, 0.29) is 0 Å². The Labute approximate surface area is 94.1 Å². The van der Waals surface area contributed by atoms with Crippen LogP contribution in [0.2, 0.25) is 0 Å². The molecule has 3 nitrogen and oxygen atoms in total. The summed E-state index contributed by atoms with van der Waals surface area (Å²) in [5.74, 6) is 0. The summed E-state index contributed by atoms with van der Waals surface area (Å²) >= 11 is 0. The van der Waals surface area contributed by atoms with Crippen LogP contribution >= 0.6 is 0 Å². The van der Waals surface area contributed by atoms with E-state index in [1.807, 2.05) is 31.2 Å². The van der Waals surface area contributed by atoms with Crippen LogP contribution in [0.15, 0.2) is 42.7 Å². The molecule has 0 saturated carbocycles. The number of hydrogen-bond donors (Lipinski definition) is 1. The number of benzene rings is 1. The molecule has 2 aromatic rings. The van der Waals surface area contributed by atoms with Gasteiger partial charge in [-0.05, 0) is 30.7 Å². The van der Waals surface area contributed by atoms with Crippen LogP contribution in [0.4, 0.5) is 11.4 Å². The lowest BCUT2D eigenvalue weighted by molar-refractivity contribution is 0.112. The van der Waals surface area contributed by atoms with Crippen molar-refractivity contribution in [1.82, 2.24) is 4.98 Å². The molecule has 0 amide bonds. The minimum Gasteiger partial charge on any atom is -0.355 e. The number of carbonyl (C=O) groups excluding carboxylic acids is 1. The highest BCUT2D eigenvalue weighted by Crippen LogP contribution is 2.19. The molecule has 0 bridgehead atoms. The zero-order valence-electron chi connectivity index (χ0n) is 8.97. The molecule has 0 aliphatic carbocycles. The zero-order chi connectivity index (χ0) is 11.4. The van der Waals surface area contributed by atoms with Crippen molar-refractivity contribution < 1.29 is 4.79 Å². The number of aryl methyl sites for hydroxylation is 1. The van der Waals surface area contributed by atoms with Crippen LogP contribution in [0.25, 0.3) is 0 Å². The lowest BCUT2D eigenvalue weighted by Crippen LogP contribution is -1.95. The molecule has 1 heterocycles. The Hall–Kier alpha value is -2.16. The zero-order valence-corrected chi connectivity index (χ0v) is 8.97. The fourth-order valence-corrected chi connectivity index (χ4v) is 1.49. The Morgan fingerprint density at radius 2 is 2.19 bits per heavy atom. The van der Waals surface area contributed by atoms with E-state index in [1.165, 1.54) is 5.56 Å². The third-order valence-corrected chi connectivity index (χ3v) is 2.28. The fourth-order valence-electron chi connectivity index (χ4n) is 1.49. The summed E-state index contributed by atoms with van der Waals surface area (Å²) < 4.78 is 0. The average Bonchev–Trinajstić information content (AvgIpc) is 2.30. The molecule has 2 rings (SSSR count). The largest absolute Gasteiger partial charge is 0.355 e. The van der Waals surface area contributed by atoms with Crippen LogP contribution in [-0.2, 0) is 0 Å². The second-order valence-electron chi connectivity index (χ2n) is 3.58. The van der Waals surface area contributed by atoms with Crippen LogP contribution in [-0.4, -0.2) is 11.3 Å². The van der Waals surface area contributed by atoms with Gasteiger partial charge in [0.2, 0.25) is 0 Å². The number of pyridine rings is 1. The van der Waals surface area contributed by atoms with Crippen molar-refractivity contribution in [1.29, 1.82) is 0 Å². The van der Waals surface area contributed by atoms with Crippen LogP contribution in [0.5, 0.6) is 0 Å². The monoisotopic (exact) mass is 212 g/mol. The molecular formula is C13H12N2O. The van der Waals surface area contributed by atoms with Gasteiger partial charge in [-0.15, -0.1) is 0 Å². The van der Waals surface area contributed by atoms with Gasteiger partial charge < -0.3 is 5.32 Å². The first-order chi connectivity index (χ1) is 7.79. The van der Waals surface area contributed by atoms with E-state index < -0.39 is 0 Å². The van der Waals surface area contributed by atoms with E-state index in [1.54, 1.807) is 18.5 Å². The molecule has 0 spiro atoms. The minimum atomic E-state index is 0.559. The Balaban J connectivity index is 2.30. The Morgan fingerprint density at radius 3 is 2.94 bits per heavy atom. The molecule has 0 aliphatic heterocycles. The molecule has 0 aliphatic rings. The van der Waals surface area contributed by atoms with Gasteiger partial charge in [-0.1, -0.05) is 12.1 Å². The highest BCUT2D eigenvalue weighted by Gasteiger charge is 2.01. The minimum absolute atomic E-state index is 0.559. The smallest absolute Gasteiger partial charge is 0.153 e. The van der Waals surface area contributed by atoms with Gasteiger partial charge in [0.1, 0.15) is 0 Å². The van der Waals surface area contributed by atoms with Crippen molar-refractivity contribution >= 4 is 17.7 Å². The molecule has 0 unspecified atom stereocenters. The number of nitrogens with zero attached hydrogens (tertiary/aromatic N) is 1. The Bertz CT molecular complexity index is 509. The van der Waals surface area contributed by atoms with Gasteiger partial charge in [0.25, 0.3) is 0 Å². The Kier molecular flexibility index (Phi) is 2.96. The van der Waals surface area contributed by atoms with Crippen LogP contribution in [0.3, 0.4) is 0 Å². The second kappa shape index (κ2) is 4.57. The van der Waals surface area contributed by atoms with Crippen molar-refractivity contribution in [3.63, 3.8) is 0 Å². The van der Waals surface area contributed by atoms with Gasteiger partial charge in [-0.25, -0.2) is 0 Å². The van der Waals surface area contributed by atoms with Crippen molar-refractivity contribution in [2.24, 2.45) is 0 Å². The number of rotatable bonds is 3. The normalized spacial score (nSPS) is 9.81. The summed E-state index contributed by atoms with van der Waals surface area (Å²) in [4.78, 5) is 14.7. The van der Waals surface area contributed by atoms with Gasteiger partial charge in [0.15, 0.2) is 6.29 Å². The predicted octanol–water partition coefficient (Wildman–Crippen LogP) is 2.95. The highest BCUT2D eigenvalue weighted by molar-refractivity contribution is 5.85. The highest BCUT2D eigenvalue weighted by atomic mass is 16.1. The topological polar surface area (TPSA) is 42.0 Å². The maximum Gasteiger partial charge on any atom is 0.153 e. The summed E-state index contributed by atoms with van der Waals surface area (Å²) in [7, 11) is 0. The molecule has 1 aromatic heterocycles. The number of anilines is 2. The number of aromatic nitrogens is 1. The quantitative estimate of drug-likeness (QED) is 0.795. The molecule has 1 aromatic carbocycles. The molecule has 0 atom stereocenters. The van der Waals surface area contributed by atoms with Gasteiger partial charge in [0, 0.05) is 18.1 Å². The van der Waals surface area contributed by atoms with Gasteiger partial charge >= 0.3 is 0 Å². The summed E-state index contributed by atoms with van der Waals surface area (Å²) in [5, 5.41) is 3.19. The lowest BCUT2D eigenvalue weighted by Gasteiger charge is -2.08. The van der Waals surface area contributed by atoms with E-state index in [4.69, 9.17) is 0 Å². The maximum absolute atomic E-state index is 10.8. The molecule has 0 radical (unpaired) electrons. The third-order valence-electron chi connectivity index (χ3n) is 2.28. The van der Waals surface area contributed by atoms with Crippen molar-refractivity contribution in [3.05, 3.63) is 53.9 Å². The maximum atomic E-state index is 10.8. The van der Waals surface area contributed by atoms with Crippen molar-refractivity contribution in [2.45, 2.75) is 6.92 Å². The van der Waals surface area contributed by atoms with E-state index in [2.05, 4.69) is 10.3 Å². The molecule has 3 heteroatoms. The number of aldehydes is 1. The van der Waals surface area contributed by atoms with E-state index in [9.17, 15) is 4.79 Å². The second-order valence-corrected chi connectivity index (χ2v) is 3.58. The number of nitrogens with one attached hydrogen (secondary N) is 1. The first kappa shape index (κ1) is 10.4. The lowest BCUT2D eigenvalue weighted by atomic mass is 10.2. The predicted molar refractivity (Wildman–Crippen MR) is 64.1 cm³/mol. The standard InChI is InChI=1S/C13H12N2O/c1-10-3-2-4-12(7-10)15-13-5-6-14-8-11(13)9-16/h2-9H,1H3,(H,14,15). The molecule has 0 saturated heterocycles. The fraction of sp³-hybridized carbons (Fsp3) is 0.0769. The van der Waals surface area contributed by atoms with Crippen LogP contribution in [0, 0.1) is 6.92 Å². The molecular weight excluding hydrogens is 200 g/mol. The summed E-state index contributed by atoms with van der Waals surface area (Å²) in [6.07, 6.45) is 4.00. The molecule has 0 fully saturated rings. The number of hydrogen-bond acceptors (Lipinski definition) is 3. The van der Waals surface area contributed by atoms with E-state index in [0.717, 1.165) is 17.7 Å². The van der Waals surface area contributed by atoms with E-state index >= 15 is 0 Å². The SMILES string of the molecule is Cc1cccc(Nc2ccncc2C=O)c1. The average molecular weight is 212 g/mol. The Morgan fingerprint density at radius 1 is 1.31 bits per heavy atom. The van der Waals surface area contributed by atoms with E-state index in [0.29, 0.717) is 5.56 Å². The molecule has 16 heavy (non-hydrogen) atoms. The van der Waals surface area contributed by atoms with Crippen LogP contribution < -0.4 is 5.32 Å². The first-order valence-corrected chi connectivity index (χ1v) is 5.02. The van der Waals surface area contributed by atoms with Gasteiger partial charge in [-0.2, -0.15) is 0 Å². The first-order valence-electron chi connectivity index (χ1n) is 5.02. The molecule has 1 N–H and O–H groups in total. The van der Waals surface area contributed by atoms with Gasteiger partial charge in [0.05, 0.1) is 11.3 Å². The van der Waals surface area contributed by atoms with Crippen molar-refractivity contribution in [2.75, 3.05) is 5.32 Å². The summed E-state index contributed by atoms with van der Waals surface area (Å²) in [6.45, 7) is 2.03. The van der Waals surface area contributed by atoms with Gasteiger partial charge in [-0.3, -0.25) is 9.78 Å². The van der Waals surface area contributed by atoms with Crippen molar-refractivity contribution in [3.8, 4) is 0 Å². The molecule has 80 valence electrons. The number of carbonyl (C=O) groups is 1. The summed E-state index contributed by atoms with van der Waals surface area (Å²) in [6, 6.07) is 9.76.